The fraction of sp³-hybridized carbons (Fsp3) is 0.276. The first-order chi connectivity index (χ1) is 17.4. The Kier molecular flexibility index (Phi) is 8.10. The molecule has 0 aromatic heterocycles. The van der Waals surface area contributed by atoms with Gasteiger partial charge in [-0.2, -0.15) is 0 Å². The minimum Gasteiger partial charge on any atom is -0.478 e. The van der Waals surface area contributed by atoms with E-state index in [1.807, 2.05) is 0 Å². The standard InChI is InChI=1S/C29H29FN2O4/c30-25-12-9-22(10-13-25)23-11-14-26(29(33)34)24(19-23)8-6-21-7-15-27(28(18-21)32(35)36)31-17-16-20-4-2-1-3-5-20/h6-15,18-20,31H,1-5,16-17H2,(H,33,34). The second kappa shape index (κ2) is 11.6. The maximum absolute atomic E-state index is 13.3. The van der Waals surface area contributed by atoms with Gasteiger partial charge in [0.05, 0.1) is 10.5 Å². The molecule has 186 valence electrons. The Bertz CT molecular complexity index is 1260. The molecule has 0 bridgehead atoms. The van der Waals surface area contributed by atoms with Gasteiger partial charge in [0.25, 0.3) is 5.69 Å². The molecule has 4 rings (SSSR count). The zero-order valence-corrected chi connectivity index (χ0v) is 20.0. The summed E-state index contributed by atoms with van der Waals surface area (Å²) < 4.78 is 13.3. The summed E-state index contributed by atoms with van der Waals surface area (Å²) in [4.78, 5) is 23.1. The SMILES string of the molecule is O=C(O)c1ccc(-c2ccc(F)cc2)cc1C=Cc1ccc(NCCC2CCCCC2)c([N+](=O)[O-])c1. The molecule has 1 fully saturated rings. The predicted molar refractivity (Wildman–Crippen MR) is 141 cm³/mol. The number of nitrogens with one attached hydrogen (secondary N) is 1. The van der Waals surface area contributed by atoms with Crippen LogP contribution in [0.5, 0.6) is 0 Å². The van der Waals surface area contributed by atoms with Crippen molar-refractivity contribution in [3.63, 3.8) is 0 Å². The lowest BCUT2D eigenvalue weighted by atomic mass is 9.87. The smallest absolute Gasteiger partial charge is 0.336 e. The van der Waals surface area contributed by atoms with Crippen molar-refractivity contribution >= 4 is 29.5 Å². The van der Waals surface area contributed by atoms with Gasteiger partial charge in [0.15, 0.2) is 0 Å². The van der Waals surface area contributed by atoms with E-state index in [-0.39, 0.29) is 17.1 Å². The summed E-state index contributed by atoms with van der Waals surface area (Å²) in [6, 6.07) is 15.8. The van der Waals surface area contributed by atoms with Crippen LogP contribution in [0.2, 0.25) is 0 Å². The van der Waals surface area contributed by atoms with Crippen LogP contribution in [-0.2, 0) is 0 Å². The number of anilines is 1. The van der Waals surface area contributed by atoms with E-state index in [0.29, 0.717) is 29.3 Å². The van der Waals surface area contributed by atoms with Crippen molar-refractivity contribution in [1.29, 1.82) is 0 Å². The zero-order valence-electron chi connectivity index (χ0n) is 20.0. The highest BCUT2D eigenvalue weighted by Gasteiger charge is 2.17. The molecule has 36 heavy (non-hydrogen) atoms. The first kappa shape index (κ1) is 25.1. The van der Waals surface area contributed by atoms with Gasteiger partial charge in [-0.3, -0.25) is 10.1 Å². The number of carboxylic acid groups (broad SMARTS) is 1. The largest absolute Gasteiger partial charge is 0.478 e. The molecule has 0 aliphatic heterocycles. The van der Waals surface area contributed by atoms with Gasteiger partial charge in [-0.15, -0.1) is 0 Å². The molecule has 0 saturated heterocycles. The number of rotatable bonds is 9. The van der Waals surface area contributed by atoms with E-state index in [9.17, 15) is 24.4 Å². The normalized spacial score (nSPS) is 14.1. The van der Waals surface area contributed by atoms with E-state index in [0.717, 1.165) is 17.5 Å². The molecule has 0 heterocycles. The number of nitrogens with zero attached hydrogens (tertiary/aromatic N) is 1. The van der Waals surface area contributed by atoms with E-state index in [2.05, 4.69) is 5.32 Å². The van der Waals surface area contributed by atoms with Gasteiger partial charge in [0.2, 0.25) is 0 Å². The lowest BCUT2D eigenvalue weighted by molar-refractivity contribution is -0.384. The Hall–Kier alpha value is -4.00. The highest BCUT2D eigenvalue weighted by molar-refractivity contribution is 5.94. The van der Waals surface area contributed by atoms with Crippen LogP contribution in [0.1, 0.15) is 60.0 Å². The van der Waals surface area contributed by atoms with E-state index < -0.39 is 10.9 Å². The number of hydrogen-bond donors (Lipinski definition) is 2. The van der Waals surface area contributed by atoms with E-state index in [1.54, 1.807) is 48.6 Å². The lowest BCUT2D eigenvalue weighted by Crippen LogP contribution is -2.12. The summed E-state index contributed by atoms with van der Waals surface area (Å²) in [6.07, 6.45) is 10.6. The van der Waals surface area contributed by atoms with Crippen molar-refractivity contribution in [2.45, 2.75) is 38.5 Å². The minimum atomic E-state index is -1.08. The first-order valence-electron chi connectivity index (χ1n) is 12.2. The van der Waals surface area contributed by atoms with Gasteiger partial charge in [0.1, 0.15) is 11.5 Å². The molecular weight excluding hydrogens is 459 g/mol. The Balaban J connectivity index is 1.54. The van der Waals surface area contributed by atoms with Crippen molar-refractivity contribution in [2.24, 2.45) is 5.92 Å². The number of carbonyl (C=O) groups is 1. The fourth-order valence-corrected chi connectivity index (χ4v) is 4.74. The van der Waals surface area contributed by atoms with Gasteiger partial charge in [0, 0.05) is 12.6 Å². The topological polar surface area (TPSA) is 92.5 Å². The molecule has 1 aliphatic rings. The number of benzene rings is 3. The van der Waals surface area contributed by atoms with Crippen LogP contribution < -0.4 is 5.32 Å². The third kappa shape index (κ3) is 6.36. The number of nitro benzene ring substituents is 1. The van der Waals surface area contributed by atoms with Crippen LogP contribution in [0.15, 0.2) is 60.7 Å². The van der Waals surface area contributed by atoms with Crippen molar-refractivity contribution in [2.75, 3.05) is 11.9 Å². The van der Waals surface area contributed by atoms with Crippen LogP contribution >= 0.6 is 0 Å². The number of halogens is 1. The Morgan fingerprint density at radius 1 is 1.00 bits per heavy atom. The number of nitro groups is 1. The van der Waals surface area contributed by atoms with Crippen LogP contribution in [0, 0.1) is 21.8 Å². The predicted octanol–water partition coefficient (Wildman–Crippen LogP) is 7.65. The van der Waals surface area contributed by atoms with Crippen molar-refractivity contribution < 1.29 is 19.2 Å². The highest BCUT2D eigenvalue weighted by Crippen LogP contribution is 2.30. The fourth-order valence-electron chi connectivity index (χ4n) is 4.74. The third-order valence-electron chi connectivity index (χ3n) is 6.73. The molecule has 0 amide bonds. The maximum atomic E-state index is 13.3. The van der Waals surface area contributed by atoms with E-state index in [1.165, 1.54) is 56.4 Å². The van der Waals surface area contributed by atoms with Gasteiger partial charge < -0.3 is 10.4 Å². The Labute approximate surface area is 209 Å². The minimum absolute atomic E-state index is 0.0145. The van der Waals surface area contributed by atoms with Crippen molar-refractivity contribution in [3.05, 3.63) is 93.3 Å². The monoisotopic (exact) mass is 488 g/mol. The molecule has 0 radical (unpaired) electrons. The molecule has 2 N–H and O–H groups in total. The number of aromatic carboxylic acids is 1. The Morgan fingerprint density at radius 3 is 2.42 bits per heavy atom. The molecular formula is C29H29FN2O4. The second-order valence-corrected chi connectivity index (χ2v) is 9.20. The summed E-state index contributed by atoms with van der Waals surface area (Å²) in [5.41, 5.74) is 3.10. The average Bonchev–Trinajstić information content (AvgIpc) is 2.88. The van der Waals surface area contributed by atoms with Gasteiger partial charge in [-0.25, -0.2) is 9.18 Å². The molecule has 1 saturated carbocycles. The van der Waals surface area contributed by atoms with Gasteiger partial charge in [-0.05, 0) is 64.9 Å². The van der Waals surface area contributed by atoms with E-state index in [4.69, 9.17) is 0 Å². The lowest BCUT2D eigenvalue weighted by Gasteiger charge is -2.21. The molecule has 1 aliphatic carbocycles. The van der Waals surface area contributed by atoms with Crippen molar-refractivity contribution in [1.82, 2.24) is 0 Å². The summed E-state index contributed by atoms with van der Waals surface area (Å²) in [5.74, 6) is -0.750. The highest BCUT2D eigenvalue weighted by atomic mass is 19.1. The average molecular weight is 489 g/mol. The maximum Gasteiger partial charge on any atom is 0.336 e. The molecule has 0 spiro atoms. The van der Waals surface area contributed by atoms with E-state index >= 15 is 0 Å². The van der Waals surface area contributed by atoms with Gasteiger partial charge in [-0.1, -0.05) is 68.5 Å². The summed E-state index contributed by atoms with van der Waals surface area (Å²) in [5, 5.41) is 24.6. The van der Waals surface area contributed by atoms with Crippen LogP contribution in [-0.4, -0.2) is 22.5 Å². The molecule has 3 aromatic rings. The summed E-state index contributed by atoms with van der Waals surface area (Å²) in [7, 11) is 0. The summed E-state index contributed by atoms with van der Waals surface area (Å²) >= 11 is 0. The molecule has 6 nitrogen and oxygen atoms in total. The quantitative estimate of drug-likeness (QED) is 0.183. The summed E-state index contributed by atoms with van der Waals surface area (Å²) in [6.45, 7) is 0.693. The molecule has 0 atom stereocenters. The molecule has 0 unspecified atom stereocenters. The Morgan fingerprint density at radius 2 is 1.72 bits per heavy atom. The van der Waals surface area contributed by atoms with Crippen LogP contribution in [0.4, 0.5) is 15.8 Å². The zero-order chi connectivity index (χ0) is 25.5. The number of carboxylic acids is 1. The third-order valence-corrected chi connectivity index (χ3v) is 6.73. The van der Waals surface area contributed by atoms with Crippen molar-refractivity contribution in [3.8, 4) is 11.1 Å². The first-order valence-corrected chi connectivity index (χ1v) is 12.2. The van der Waals surface area contributed by atoms with Gasteiger partial charge >= 0.3 is 5.97 Å². The second-order valence-electron chi connectivity index (χ2n) is 9.20. The molecule has 7 heteroatoms. The number of hydrogen-bond acceptors (Lipinski definition) is 4. The molecule has 3 aromatic carbocycles. The van der Waals surface area contributed by atoms with Crippen LogP contribution in [0.25, 0.3) is 23.3 Å². The van der Waals surface area contributed by atoms with Crippen LogP contribution in [0.3, 0.4) is 0 Å².